The van der Waals surface area contributed by atoms with Crippen LogP contribution in [0.5, 0.6) is 0 Å². The second kappa shape index (κ2) is 7.92. The summed E-state index contributed by atoms with van der Waals surface area (Å²) in [7, 11) is 0. The molecule has 9 heteroatoms. The highest BCUT2D eigenvalue weighted by molar-refractivity contribution is 7.22. The molecule has 3 rings (SSSR count). The Labute approximate surface area is 158 Å². The molecular formula is C18H16N4O4S. The van der Waals surface area contributed by atoms with Crippen LogP contribution in [0.4, 0.5) is 10.8 Å². The van der Waals surface area contributed by atoms with Crippen LogP contribution in [-0.2, 0) is 11.2 Å². The molecule has 0 aliphatic carbocycles. The Morgan fingerprint density at radius 1 is 1.22 bits per heavy atom. The smallest absolute Gasteiger partial charge is 0.270 e. The fraction of sp³-hybridized carbons (Fsp3) is 0.167. The number of hydrogen-bond acceptors (Lipinski definition) is 6. The zero-order valence-electron chi connectivity index (χ0n) is 14.4. The summed E-state index contributed by atoms with van der Waals surface area (Å²) in [4.78, 5) is 38.6. The lowest BCUT2D eigenvalue weighted by Crippen LogP contribution is -2.32. The second-order valence-corrected chi connectivity index (χ2v) is 6.74. The van der Waals surface area contributed by atoms with Crippen LogP contribution in [0.15, 0.2) is 42.5 Å². The van der Waals surface area contributed by atoms with E-state index in [0.29, 0.717) is 5.13 Å². The second-order valence-electron chi connectivity index (χ2n) is 5.71. The highest BCUT2D eigenvalue weighted by atomic mass is 32.1. The number of fused-ring (bicyclic) bond motifs is 1. The number of aromatic nitrogens is 1. The first-order valence-electron chi connectivity index (χ1n) is 8.18. The number of nitro benzene ring substituents is 1. The van der Waals surface area contributed by atoms with Gasteiger partial charge in [-0.1, -0.05) is 30.4 Å². The summed E-state index contributed by atoms with van der Waals surface area (Å²) in [5, 5.41) is 16.3. The zero-order chi connectivity index (χ0) is 19.4. The quantitative estimate of drug-likeness (QED) is 0.500. The molecule has 138 valence electrons. The lowest BCUT2D eigenvalue weighted by atomic mass is 10.2. The summed E-state index contributed by atoms with van der Waals surface area (Å²) in [6.07, 6.45) is 0.916. The van der Waals surface area contributed by atoms with E-state index in [9.17, 15) is 19.7 Å². The Morgan fingerprint density at radius 2 is 2.04 bits per heavy atom. The van der Waals surface area contributed by atoms with Crippen LogP contribution in [0.2, 0.25) is 0 Å². The number of aryl methyl sites for hydroxylation is 1. The normalized spacial score (nSPS) is 10.6. The molecule has 8 nitrogen and oxygen atoms in total. The van der Waals surface area contributed by atoms with E-state index in [1.807, 2.05) is 18.2 Å². The average Bonchev–Trinajstić information content (AvgIpc) is 3.07. The van der Waals surface area contributed by atoms with Crippen LogP contribution in [0, 0.1) is 10.1 Å². The fourth-order valence-electron chi connectivity index (χ4n) is 2.43. The minimum absolute atomic E-state index is 0.115. The van der Waals surface area contributed by atoms with Gasteiger partial charge in [0.2, 0.25) is 5.91 Å². The van der Waals surface area contributed by atoms with Gasteiger partial charge >= 0.3 is 0 Å². The highest BCUT2D eigenvalue weighted by Gasteiger charge is 2.13. The van der Waals surface area contributed by atoms with Crippen molar-refractivity contribution in [1.29, 1.82) is 0 Å². The molecule has 3 aromatic rings. The molecule has 1 aromatic heterocycles. The van der Waals surface area contributed by atoms with Gasteiger partial charge in [-0.25, -0.2) is 4.98 Å². The van der Waals surface area contributed by atoms with E-state index < -0.39 is 16.7 Å². The standard InChI is InChI=1S/C18H16N4O4S/c1-2-11-6-7-14-15(8-11)27-18(20-14)21-16(23)10-19-17(24)12-4-3-5-13(9-12)22(25)26/h3-9H,2,10H2,1H3,(H,19,24)(H,20,21,23). The summed E-state index contributed by atoms with van der Waals surface area (Å²) >= 11 is 1.36. The van der Waals surface area contributed by atoms with Gasteiger partial charge in [0.05, 0.1) is 21.7 Å². The number of non-ortho nitro benzene ring substituents is 1. The highest BCUT2D eigenvalue weighted by Crippen LogP contribution is 2.26. The average molecular weight is 384 g/mol. The third kappa shape index (κ3) is 4.45. The SMILES string of the molecule is CCc1ccc2nc(NC(=O)CNC(=O)c3cccc([N+](=O)[O-])c3)sc2c1. The van der Waals surface area contributed by atoms with Gasteiger partial charge in [0.25, 0.3) is 11.6 Å². The van der Waals surface area contributed by atoms with E-state index in [4.69, 9.17) is 0 Å². The molecule has 0 saturated heterocycles. The molecule has 0 aliphatic heterocycles. The molecule has 1 heterocycles. The Bertz CT molecular complexity index is 1030. The molecule has 0 saturated carbocycles. The van der Waals surface area contributed by atoms with Crippen molar-refractivity contribution in [2.24, 2.45) is 0 Å². The number of nitro groups is 1. The predicted octanol–water partition coefficient (Wildman–Crippen LogP) is 3.14. The van der Waals surface area contributed by atoms with Crippen LogP contribution >= 0.6 is 11.3 Å². The monoisotopic (exact) mass is 384 g/mol. The molecule has 27 heavy (non-hydrogen) atoms. The summed E-state index contributed by atoms with van der Waals surface area (Å²) in [5.74, 6) is -0.991. The Balaban J connectivity index is 1.60. The van der Waals surface area contributed by atoms with Gasteiger partial charge in [0, 0.05) is 17.7 Å². The third-order valence-corrected chi connectivity index (χ3v) is 4.77. The Kier molecular flexibility index (Phi) is 5.41. The first kappa shape index (κ1) is 18.5. The fourth-order valence-corrected chi connectivity index (χ4v) is 3.37. The molecule has 0 bridgehead atoms. The van der Waals surface area contributed by atoms with Gasteiger partial charge in [0.15, 0.2) is 5.13 Å². The Morgan fingerprint density at radius 3 is 2.78 bits per heavy atom. The van der Waals surface area contributed by atoms with Gasteiger partial charge in [-0.3, -0.25) is 19.7 Å². The van der Waals surface area contributed by atoms with E-state index >= 15 is 0 Å². The van der Waals surface area contributed by atoms with E-state index in [-0.39, 0.29) is 17.8 Å². The molecule has 2 amide bonds. The lowest BCUT2D eigenvalue weighted by molar-refractivity contribution is -0.384. The van der Waals surface area contributed by atoms with Crippen LogP contribution in [-0.4, -0.2) is 28.3 Å². The molecule has 0 fully saturated rings. The number of amides is 2. The van der Waals surface area contributed by atoms with E-state index in [1.54, 1.807) is 0 Å². The lowest BCUT2D eigenvalue weighted by Gasteiger charge is -2.05. The Hall–Kier alpha value is -3.33. The summed E-state index contributed by atoms with van der Waals surface area (Å²) in [6, 6.07) is 11.2. The van der Waals surface area contributed by atoms with Crippen molar-refractivity contribution in [3.8, 4) is 0 Å². The van der Waals surface area contributed by atoms with Crippen LogP contribution < -0.4 is 10.6 Å². The van der Waals surface area contributed by atoms with Crippen molar-refractivity contribution in [1.82, 2.24) is 10.3 Å². The number of nitrogens with one attached hydrogen (secondary N) is 2. The summed E-state index contributed by atoms with van der Waals surface area (Å²) in [6.45, 7) is 1.80. The number of carbonyl (C=O) groups is 2. The number of hydrogen-bond donors (Lipinski definition) is 2. The maximum Gasteiger partial charge on any atom is 0.270 e. The van der Waals surface area contributed by atoms with Crippen LogP contribution in [0.25, 0.3) is 10.2 Å². The molecule has 0 spiro atoms. The van der Waals surface area contributed by atoms with Gasteiger partial charge in [-0.2, -0.15) is 0 Å². The van der Waals surface area contributed by atoms with Gasteiger partial charge in [0.1, 0.15) is 0 Å². The molecule has 2 N–H and O–H groups in total. The molecule has 0 unspecified atom stereocenters. The molecular weight excluding hydrogens is 368 g/mol. The predicted molar refractivity (Wildman–Crippen MR) is 103 cm³/mol. The van der Waals surface area contributed by atoms with Crippen molar-refractivity contribution >= 4 is 44.2 Å². The summed E-state index contributed by atoms with van der Waals surface area (Å²) < 4.78 is 0.977. The van der Waals surface area contributed by atoms with E-state index in [0.717, 1.165) is 22.7 Å². The van der Waals surface area contributed by atoms with Crippen molar-refractivity contribution in [2.75, 3.05) is 11.9 Å². The third-order valence-electron chi connectivity index (χ3n) is 3.84. The van der Waals surface area contributed by atoms with Gasteiger partial charge in [-0.05, 0) is 30.2 Å². The molecule has 0 atom stereocenters. The minimum Gasteiger partial charge on any atom is -0.343 e. The summed E-state index contributed by atoms with van der Waals surface area (Å²) in [5.41, 5.74) is 1.92. The number of nitrogens with zero attached hydrogens (tertiary/aromatic N) is 2. The number of carbonyl (C=O) groups excluding carboxylic acids is 2. The van der Waals surface area contributed by atoms with Crippen molar-refractivity contribution in [3.05, 3.63) is 63.7 Å². The molecule has 0 radical (unpaired) electrons. The van der Waals surface area contributed by atoms with Crippen molar-refractivity contribution < 1.29 is 14.5 Å². The topological polar surface area (TPSA) is 114 Å². The van der Waals surface area contributed by atoms with E-state index in [1.165, 1.54) is 35.1 Å². The van der Waals surface area contributed by atoms with E-state index in [2.05, 4.69) is 22.5 Å². The molecule has 0 aliphatic rings. The number of thiazole rings is 1. The number of anilines is 1. The van der Waals surface area contributed by atoms with Gasteiger partial charge in [-0.15, -0.1) is 0 Å². The maximum absolute atomic E-state index is 12.1. The largest absolute Gasteiger partial charge is 0.343 e. The molecule has 2 aromatic carbocycles. The maximum atomic E-state index is 12.1. The zero-order valence-corrected chi connectivity index (χ0v) is 15.2. The number of benzene rings is 2. The van der Waals surface area contributed by atoms with Gasteiger partial charge < -0.3 is 10.6 Å². The first-order valence-corrected chi connectivity index (χ1v) is 9.00. The minimum atomic E-state index is -0.583. The number of rotatable bonds is 6. The van der Waals surface area contributed by atoms with Crippen LogP contribution in [0.1, 0.15) is 22.8 Å². The van der Waals surface area contributed by atoms with Crippen LogP contribution in [0.3, 0.4) is 0 Å². The van der Waals surface area contributed by atoms with Crippen molar-refractivity contribution in [2.45, 2.75) is 13.3 Å². The van der Waals surface area contributed by atoms with Crippen molar-refractivity contribution in [3.63, 3.8) is 0 Å². The first-order chi connectivity index (χ1) is 13.0.